The van der Waals surface area contributed by atoms with Crippen molar-refractivity contribution in [2.75, 3.05) is 38.8 Å². The lowest BCUT2D eigenvalue weighted by Crippen LogP contribution is -2.23. The number of anilines is 2. The van der Waals surface area contributed by atoms with Crippen molar-refractivity contribution in [3.63, 3.8) is 0 Å². The highest BCUT2D eigenvalue weighted by Crippen LogP contribution is 2.38. The Morgan fingerprint density at radius 1 is 0.943 bits per heavy atom. The Kier molecular flexibility index (Phi) is 6.98. The van der Waals surface area contributed by atoms with E-state index >= 15 is 0 Å². The van der Waals surface area contributed by atoms with Crippen LogP contribution >= 0.6 is 0 Å². The fourth-order valence-corrected chi connectivity index (χ4v) is 4.04. The maximum Gasteiger partial charge on any atom is 0.258 e. The number of fused-ring (bicyclic) bond motifs is 1. The van der Waals surface area contributed by atoms with Crippen LogP contribution in [0, 0.1) is 5.82 Å². The molecule has 180 valence electrons. The lowest BCUT2D eigenvalue weighted by atomic mass is 9.98. The first-order valence-corrected chi connectivity index (χ1v) is 11.4. The lowest BCUT2D eigenvalue weighted by molar-refractivity contribution is -0.128. The number of benzene rings is 3. The second-order valence-electron chi connectivity index (χ2n) is 9.12. The molecule has 0 saturated carbocycles. The number of carbonyl (C=O) groups excluding carboxylic acids is 2. The van der Waals surface area contributed by atoms with Gasteiger partial charge in [-0.05, 0) is 67.2 Å². The monoisotopic (exact) mass is 472 g/mol. The van der Waals surface area contributed by atoms with Crippen molar-refractivity contribution >= 4 is 34.5 Å². The molecule has 35 heavy (non-hydrogen) atoms. The summed E-state index contributed by atoms with van der Waals surface area (Å²) in [5.74, 6) is -0.743. The highest BCUT2D eigenvalue weighted by Gasteiger charge is 2.29. The number of rotatable bonds is 7. The Morgan fingerprint density at radius 2 is 1.69 bits per heavy atom. The Morgan fingerprint density at radius 3 is 2.37 bits per heavy atom. The predicted octanol–water partition coefficient (Wildman–Crippen LogP) is 4.45. The summed E-state index contributed by atoms with van der Waals surface area (Å²) in [6.07, 6.45) is 0.247. The van der Waals surface area contributed by atoms with Gasteiger partial charge >= 0.3 is 0 Å². The standard InChI is InChI=1S/C28H29FN4O2/c1-32(2)17-18-8-11-22(12-9-18)30-27(20-7-5-6-19(14-20)15-25(34)33(3)4)26-23-13-10-21(29)16-24(23)31-28(26)35/h5-14,16,30H,15,17H2,1-4H3,(H,31,35). The molecule has 0 radical (unpaired) electrons. The number of nitrogens with one attached hydrogen (secondary N) is 2. The molecule has 3 aromatic carbocycles. The molecule has 0 bridgehead atoms. The minimum absolute atomic E-state index is 0.0137. The van der Waals surface area contributed by atoms with Crippen LogP contribution in [-0.2, 0) is 22.6 Å². The summed E-state index contributed by atoms with van der Waals surface area (Å²) in [4.78, 5) is 29.0. The van der Waals surface area contributed by atoms with Crippen LogP contribution in [0.5, 0.6) is 0 Å². The smallest absolute Gasteiger partial charge is 0.258 e. The summed E-state index contributed by atoms with van der Waals surface area (Å²) in [5, 5.41) is 6.20. The molecule has 0 spiro atoms. The van der Waals surface area contributed by atoms with E-state index in [-0.39, 0.29) is 18.2 Å². The van der Waals surface area contributed by atoms with Gasteiger partial charge < -0.3 is 20.4 Å². The molecule has 0 unspecified atom stereocenters. The summed E-state index contributed by atoms with van der Waals surface area (Å²) in [5.41, 5.74) is 5.64. The first-order chi connectivity index (χ1) is 16.7. The molecule has 4 rings (SSSR count). The Bertz CT molecular complexity index is 1300. The van der Waals surface area contributed by atoms with Crippen molar-refractivity contribution in [2.24, 2.45) is 0 Å². The Labute approximate surface area is 205 Å². The number of hydrogen-bond acceptors (Lipinski definition) is 4. The minimum atomic E-state index is -0.416. The zero-order chi connectivity index (χ0) is 25.1. The maximum absolute atomic E-state index is 13.8. The van der Waals surface area contributed by atoms with Gasteiger partial charge in [0, 0.05) is 31.9 Å². The second-order valence-corrected chi connectivity index (χ2v) is 9.12. The summed E-state index contributed by atoms with van der Waals surface area (Å²) in [6, 6.07) is 19.9. The Balaban J connectivity index is 1.79. The highest BCUT2D eigenvalue weighted by molar-refractivity contribution is 6.37. The second kappa shape index (κ2) is 10.1. The summed E-state index contributed by atoms with van der Waals surface area (Å²) >= 11 is 0. The van der Waals surface area contributed by atoms with Crippen molar-refractivity contribution in [3.8, 4) is 0 Å². The molecular weight excluding hydrogens is 443 g/mol. The zero-order valence-corrected chi connectivity index (χ0v) is 20.4. The fraction of sp³-hybridized carbons (Fsp3) is 0.214. The summed E-state index contributed by atoms with van der Waals surface area (Å²) < 4.78 is 13.8. The summed E-state index contributed by atoms with van der Waals surface area (Å²) in [7, 11) is 7.48. The van der Waals surface area contributed by atoms with Crippen LogP contribution in [0.25, 0.3) is 11.3 Å². The van der Waals surface area contributed by atoms with Gasteiger partial charge in [-0.3, -0.25) is 9.59 Å². The molecule has 0 aliphatic carbocycles. The average molecular weight is 473 g/mol. The van der Waals surface area contributed by atoms with Crippen molar-refractivity contribution in [3.05, 3.63) is 94.8 Å². The molecule has 0 aromatic heterocycles. The van der Waals surface area contributed by atoms with E-state index in [4.69, 9.17) is 0 Å². The first-order valence-electron chi connectivity index (χ1n) is 11.4. The normalized spacial score (nSPS) is 13.9. The highest BCUT2D eigenvalue weighted by atomic mass is 19.1. The molecule has 1 aliphatic rings. The van der Waals surface area contributed by atoms with E-state index in [0.717, 1.165) is 23.4 Å². The third-order valence-electron chi connectivity index (χ3n) is 5.77. The number of nitrogens with zero attached hydrogens (tertiary/aromatic N) is 2. The number of halogens is 1. The number of carbonyl (C=O) groups is 2. The molecule has 6 nitrogen and oxygen atoms in total. The van der Waals surface area contributed by atoms with E-state index in [9.17, 15) is 14.0 Å². The van der Waals surface area contributed by atoms with E-state index < -0.39 is 5.82 Å². The number of amides is 2. The molecule has 1 aliphatic heterocycles. The van der Waals surface area contributed by atoms with Crippen LogP contribution in [0.15, 0.2) is 66.7 Å². The van der Waals surface area contributed by atoms with E-state index in [1.807, 2.05) is 62.6 Å². The van der Waals surface area contributed by atoms with Crippen molar-refractivity contribution in [1.82, 2.24) is 9.80 Å². The topological polar surface area (TPSA) is 64.7 Å². The summed E-state index contributed by atoms with van der Waals surface area (Å²) in [6.45, 7) is 0.817. The van der Waals surface area contributed by atoms with Crippen molar-refractivity contribution in [2.45, 2.75) is 13.0 Å². The van der Waals surface area contributed by atoms with Gasteiger partial charge in [0.15, 0.2) is 0 Å². The molecule has 2 N–H and O–H groups in total. The van der Waals surface area contributed by atoms with Gasteiger partial charge in [0.1, 0.15) is 5.82 Å². The van der Waals surface area contributed by atoms with E-state index in [1.165, 1.54) is 17.7 Å². The van der Waals surface area contributed by atoms with Crippen LogP contribution in [0.1, 0.15) is 22.3 Å². The molecule has 0 atom stereocenters. The van der Waals surface area contributed by atoms with Gasteiger partial charge in [-0.25, -0.2) is 4.39 Å². The van der Waals surface area contributed by atoms with E-state index in [2.05, 4.69) is 15.5 Å². The van der Waals surface area contributed by atoms with Crippen LogP contribution in [0.4, 0.5) is 15.8 Å². The zero-order valence-electron chi connectivity index (χ0n) is 20.4. The minimum Gasteiger partial charge on any atom is -0.354 e. The first kappa shape index (κ1) is 24.2. The molecule has 0 saturated heterocycles. The largest absolute Gasteiger partial charge is 0.354 e. The van der Waals surface area contributed by atoms with Gasteiger partial charge in [-0.15, -0.1) is 0 Å². The van der Waals surface area contributed by atoms with Gasteiger partial charge in [-0.2, -0.15) is 0 Å². The lowest BCUT2D eigenvalue weighted by Gasteiger charge is -2.17. The van der Waals surface area contributed by atoms with Crippen molar-refractivity contribution < 1.29 is 14.0 Å². The third kappa shape index (κ3) is 5.58. The average Bonchev–Trinajstić information content (AvgIpc) is 3.12. The van der Waals surface area contributed by atoms with Crippen molar-refractivity contribution in [1.29, 1.82) is 0 Å². The van der Waals surface area contributed by atoms with Gasteiger partial charge in [-0.1, -0.05) is 30.3 Å². The molecule has 3 aromatic rings. The van der Waals surface area contributed by atoms with Gasteiger partial charge in [0.2, 0.25) is 5.91 Å². The third-order valence-corrected chi connectivity index (χ3v) is 5.77. The van der Waals surface area contributed by atoms with E-state index in [1.54, 1.807) is 25.1 Å². The maximum atomic E-state index is 13.8. The quantitative estimate of drug-likeness (QED) is 0.499. The SMILES string of the molecule is CN(C)Cc1ccc(NC(=C2C(=O)Nc3cc(F)ccc32)c2cccc(CC(=O)N(C)C)c2)cc1. The van der Waals surface area contributed by atoms with Crippen LogP contribution in [0.3, 0.4) is 0 Å². The molecular formula is C28H29FN4O2. The molecule has 2 amide bonds. The van der Waals surface area contributed by atoms with E-state index in [0.29, 0.717) is 22.5 Å². The van der Waals surface area contributed by atoms with Crippen LogP contribution in [-0.4, -0.2) is 49.8 Å². The number of likely N-dealkylation sites (N-methyl/N-ethyl adjacent to an activating group) is 1. The van der Waals surface area contributed by atoms with Crippen LogP contribution < -0.4 is 10.6 Å². The van der Waals surface area contributed by atoms with Crippen LogP contribution in [0.2, 0.25) is 0 Å². The number of hydrogen-bond donors (Lipinski definition) is 2. The van der Waals surface area contributed by atoms with Gasteiger partial charge in [0.05, 0.1) is 23.4 Å². The molecule has 1 heterocycles. The fourth-order valence-electron chi connectivity index (χ4n) is 4.04. The molecule has 0 fully saturated rings. The predicted molar refractivity (Wildman–Crippen MR) is 138 cm³/mol. The molecule has 7 heteroatoms. The Hall–Kier alpha value is -3.97. The van der Waals surface area contributed by atoms with Gasteiger partial charge in [0.25, 0.3) is 5.91 Å².